The van der Waals surface area contributed by atoms with Crippen molar-refractivity contribution in [2.45, 2.75) is 56.5 Å². The average molecular weight is 648 g/mol. The molecular weight excluding hydrogens is 606 g/mol. The zero-order valence-electron chi connectivity index (χ0n) is 27.0. The number of hydrogen-bond acceptors (Lipinski definition) is 6. The van der Waals surface area contributed by atoms with Gasteiger partial charge in [-0.1, -0.05) is 109 Å². The van der Waals surface area contributed by atoms with Crippen LogP contribution in [0.5, 0.6) is 0 Å². The van der Waals surface area contributed by atoms with Gasteiger partial charge < -0.3 is 25.2 Å². The van der Waals surface area contributed by atoms with Gasteiger partial charge in [-0.3, -0.25) is 9.69 Å². The van der Waals surface area contributed by atoms with Crippen LogP contribution in [0.1, 0.15) is 47.9 Å². The molecule has 0 spiro atoms. The second-order valence-corrected chi connectivity index (χ2v) is 12.6. The minimum atomic E-state index is -1.37. The van der Waals surface area contributed by atoms with Crippen molar-refractivity contribution in [1.82, 2.24) is 15.5 Å². The Morgan fingerprint density at radius 2 is 1.35 bits per heavy atom. The first-order chi connectivity index (χ1) is 23.3. The number of aliphatic carboxylic acids is 1. The number of ether oxygens (including phenoxy) is 2. The molecule has 4 aromatic carbocycles. The molecule has 248 valence electrons. The van der Waals surface area contributed by atoms with E-state index in [-0.39, 0.29) is 32.0 Å². The van der Waals surface area contributed by atoms with Gasteiger partial charge >= 0.3 is 12.1 Å². The van der Waals surface area contributed by atoms with E-state index in [2.05, 4.69) is 39.8 Å². The average Bonchev–Trinajstić information content (AvgIpc) is 3.43. The van der Waals surface area contributed by atoms with Crippen LogP contribution in [0.25, 0.3) is 11.1 Å². The number of benzene rings is 4. The van der Waals surface area contributed by atoms with Crippen LogP contribution < -0.4 is 10.6 Å². The minimum absolute atomic E-state index is 0.0970. The number of carbonyl (C=O) groups excluding carboxylic acids is 2. The summed E-state index contributed by atoms with van der Waals surface area (Å²) in [5, 5.41) is 15.7. The molecule has 2 atom stereocenters. The topological polar surface area (TPSA) is 117 Å². The van der Waals surface area contributed by atoms with Crippen LogP contribution in [0.4, 0.5) is 4.79 Å². The summed E-state index contributed by atoms with van der Waals surface area (Å²) in [5.41, 5.74) is 5.07. The summed E-state index contributed by atoms with van der Waals surface area (Å²) in [4.78, 5) is 42.2. The van der Waals surface area contributed by atoms with Crippen LogP contribution in [0, 0.1) is 0 Å². The predicted molar refractivity (Wildman–Crippen MR) is 182 cm³/mol. The quantitative estimate of drug-likeness (QED) is 0.180. The Morgan fingerprint density at radius 1 is 0.812 bits per heavy atom. The van der Waals surface area contributed by atoms with Gasteiger partial charge in [-0.05, 0) is 53.1 Å². The first-order valence-electron chi connectivity index (χ1n) is 16.4. The smallest absolute Gasteiger partial charge is 0.408 e. The fourth-order valence-electron chi connectivity index (χ4n) is 6.73. The third-order valence-corrected chi connectivity index (χ3v) is 9.46. The SMILES string of the molecule is C[C@@H](OCc1ccccc1)[C@H](NC(=O)C1(NC(=O)OCC2c3ccccc3-c3ccccc32)CCN(Cc2ccccc2)CC1)C(=O)O. The monoisotopic (exact) mass is 647 g/mol. The Bertz CT molecular complexity index is 1680. The lowest BCUT2D eigenvalue weighted by atomic mass is 9.85. The van der Waals surface area contributed by atoms with E-state index in [0.717, 1.165) is 33.4 Å². The molecule has 2 aliphatic rings. The summed E-state index contributed by atoms with van der Waals surface area (Å²) in [6.45, 7) is 3.65. The van der Waals surface area contributed by atoms with Crippen molar-refractivity contribution in [2.24, 2.45) is 0 Å². The van der Waals surface area contributed by atoms with Crippen LogP contribution >= 0.6 is 0 Å². The second kappa shape index (κ2) is 14.8. The predicted octanol–water partition coefficient (Wildman–Crippen LogP) is 5.73. The molecule has 9 nitrogen and oxygen atoms in total. The molecule has 3 N–H and O–H groups in total. The molecule has 0 radical (unpaired) electrons. The Labute approximate surface area is 280 Å². The maximum Gasteiger partial charge on any atom is 0.408 e. The minimum Gasteiger partial charge on any atom is -0.480 e. The molecule has 1 heterocycles. The summed E-state index contributed by atoms with van der Waals surface area (Å²) in [6, 6.07) is 34.3. The molecule has 4 aromatic rings. The van der Waals surface area contributed by atoms with E-state index < -0.39 is 35.7 Å². The highest BCUT2D eigenvalue weighted by molar-refractivity contribution is 5.93. The van der Waals surface area contributed by atoms with Crippen LogP contribution in [-0.2, 0) is 32.2 Å². The summed E-state index contributed by atoms with van der Waals surface area (Å²) in [7, 11) is 0. The first kappa shape index (κ1) is 32.9. The zero-order valence-corrected chi connectivity index (χ0v) is 27.0. The van der Waals surface area contributed by atoms with Gasteiger partial charge in [-0.2, -0.15) is 0 Å². The Balaban J connectivity index is 1.16. The molecule has 1 aliphatic heterocycles. The Morgan fingerprint density at radius 3 is 1.94 bits per heavy atom. The molecular formula is C39H41N3O6. The number of hydrogen-bond donors (Lipinski definition) is 3. The number of piperidine rings is 1. The molecule has 1 saturated heterocycles. The van der Waals surface area contributed by atoms with Crippen molar-refractivity contribution in [3.63, 3.8) is 0 Å². The zero-order chi connectivity index (χ0) is 33.5. The summed E-state index contributed by atoms with van der Waals surface area (Å²) >= 11 is 0. The molecule has 9 heteroatoms. The van der Waals surface area contributed by atoms with Crippen molar-refractivity contribution in [1.29, 1.82) is 0 Å². The highest BCUT2D eigenvalue weighted by atomic mass is 16.5. The number of fused-ring (bicyclic) bond motifs is 3. The second-order valence-electron chi connectivity index (χ2n) is 12.6. The molecule has 0 bridgehead atoms. The van der Waals surface area contributed by atoms with Crippen LogP contribution in [0.2, 0.25) is 0 Å². The third kappa shape index (κ3) is 7.43. The number of nitrogens with one attached hydrogen (secondary N) is 2. The van der Waals surface area contributed by atoms with Gasteiger partial charge in [-0.15, -0.1) is 0 Å². The van der Waals surface area contributed by atoms with E-state index in [0.29, 0.717) is 19.6 Å². The van der Waals surface area contributed by atoms with Gasteiger partial charge in [0, 0.05) is 25.6 Å². The standard InChI is InChI=1S/C39H41N3O6/c1-27(47-25-29-14-6-3-7-15-29)35(36(43)44)40-37(45)39(20-22-42(23-21-39)24-28-12-4-2-5-13-28)41-38(46)48-26-34-32-18-10-8-16-30(32)31-17-9-11-19-33(31)34/h2-19,27,34-35H,20-26H2,1H3,(H,40,45)(H,41,46)(H,43,44)/t27-,35+/m1/s1. The largest absolute Gasteiger partial charge is 0.480 e. The molecule has 0 aromatic heterocycles. The molecule has 2 amide bonds. The van der Waals surface area contributed by atoms with Crippen molar-refractivity contribution in [3.05, 3.63) is 131 Å². The van der Waals surface area contributed by atoms with Gasteiger partial charge in [0.2, 0.25) is 5.91 Å². The lowest BCUT2D eigenvalue weighted by molar-refractivity contribution is -0.148. The van der Waals surface area contributed by atoms with Crippen molar-refractivity contribution in [2.75, 3.05) is 19.7 Å². The Kier molecular flexibility index (Phi) is 10.2. The Hall–Kier alpha value is -4.99. The highest BCUT2D eigenvalue weighted by Crippen LogP contribution is 2.44. The lowest BCUT2D eigenvalue weighted by Crippen LogP contribution is -2.66. The van der Waals surface area contributed by atoms with E-state index in [1.807, 2.05) is 84.9 Å². The molecule has 0 unspecified atom stereocenters. The maximum atomic E-state index is 14.1. The van der Waals surface area contributed by atoms with Crippen LogP contribution in [-0.4, -0.2) is 65.4 Å². The van der Waals surface area contributed by atoms with Gasteiger partial charge in [0.1, 0.15) is 12.1 Å². The fraction of sp³-hybridized carbons (Fsp3) is 0.308. The van der Waals surface area contributed by atoms with Crippen molar-refractivity contribution < 1.29 is 29.0 Å². The fourth-order valence-corrected chi connectivity index (χ4v) is 6.73. The van der Waals surface area contributed by atoms with E-state index >= 15 is 0 Å². The van der Waals surface area contributed by atoms with E-state index in [1.165, 1.54) is 0 Å². The number of alkyl carbamates (subject to hydrolysis) is 1. The molecule has 6 rings (SSSR count). The van der Waals surface area contributed by atoms with Crippen molar-refractivity contribution in [3.8, 4) is 11.1 Å². The molecule has 48 heavy (non-hydrogen) atoms. The highest BCUT2D eigenvalue weighted by Gasteiger charge is 2.45. The molecule has 0 saturated carbocycles. The number of carboxylic acid groups (broad SMARTS) is 1. The van der Waals surface area contributed by atoms with Gasteiger partial charge in [0.25, 0.3) is 0 Å². The molecule has 1 aliphatic carbocycles. The normalized spacial score (nSPS) is 16.6. The number of carboxylic acids is 1. The number of carbonyl (C=O) groups is 3. The van der Waals surface area contributed by atoms with Gasteiger partial charge in [-0.25, -0.2) is 9.59 Å². The molecule has 1 fully saturated rings. The first-order valence-corrected chi connectivity index (χ1v) is 16.4. The van der Waals surface area contributed by atoms with Gasteiger partial charge in [0.15, 0.2) is 6.04 Å². The number of nitrogens with zero attached hydrogens (tertiary/aromatic N) is 1. The van der Waals surface area contributed by atoms with E-state index in [9.17, 15) is 19.5 Å². The summed E-state index contributed by atoms with van der Waals surface area (Å²) in [6.07, 6.45) is -0.997. The van der Waals surface area contributed by atoms with Gasteiger partial charge in [0.05, 0.1) is 12.7 Å². The summed E-state index contributed by atoms with van der Waals surface area (Å²) < 4.78 is 11.7. The van der Waals surface area contributed by atoms with Crippen LogP contribution in [0.3, 0.4) is 0 Å². The van der Waals surface area contributed by atoms with Crippen LogP contribution in [0.15, 0.2) is 109 Å². The van der Waals surface area contributed by atoms with Crippen molar-refractivity contribution >= 4 is 18.0 Å². The number of rotatable bonds is 12. The van der Waals surface area contributed by atoms with E-state index in [1.54, 1.807) is 6.92 Å². The summed E-state index contributed by atoms with van der Waals surface area (Å²) in [5.74, 6) is -1.93. The third-order valence-electron chi connectivity index (χ3n) is 9.46. The van der Waals surface area contributed by atoms with E-state index in [4.69, 9.17) is 9.47 Å². The number of likely N-dealkylation sites (tertiary alicyclic amines) is 1. The lowest BCUT2D eigenvalue weighted by Gasteiger charge is -2.41. The maximum absolute atomic E-state index is 14.1. The number of amides is 2.